The molecule has 2 bridgehead atoms. The number of hydrogen-bond acceptors (Lipinski definition) is 13. The molecule has 3 N–H and O–H groups in total. The normalized spacial score (nSPS) is 32.0. The smallest absolute Gasteiger partial charge is 0.377 e. The number of likely N-dealkylation sites (N-methyl/N-ethyl adjacent to an activating group) is 6. The molecule has 12 atom stereocenters. The number of alkyl halides is 8. The lowest BCUT2D eigenvalue weighted by atomic mass is 9.74. The molecule has 8 fully saturated rings. The summed E-state index contributed by atoms with van der Waals surface area (Å²) in [5.74, 6) is -16.2. The van der Waals surface area contributed by atoms with Crippen molar-refractivity contribution in [3.05, 3.63) is 0 Å². The van der Waals surface area contributed by atoms with Gasteiger partial charge in [-0.1, -0.05) is 65.7 Å². The molecule has 111 heavy (non-hydrogen) atoms. The molecule has 3 saturated heterocycles. The Bertz CT molecular complexity index is 3260. The van der Waals surface area contributed by atoms with Gasteiger partial charge in [0.25, 0.3) is 0 Å². The van der Waals surface area contributed by atoms with E-state index in [0.29, 0.717) is 51.4 Å². The van der Waals surface area contributed by atoms with Crippen molar-refractivity contribution in [3.63, 3.8) is 0 Å². The van der Waals surface area contributed by atoms with E-state index in [-0.39, 0.29) is 109 Å². The zero-order valence-corrected chi connectivity index (χ0v) is 66.8. The largest absolute Gasteiger partial charge is 0.397 e. The lowest BCUT2D eigenvalue weighted by molar-refractivity contribution is -0.219. The number of carbonyl (C=O) groups is 12. The molecular weight excluding hydrogens is 1460 g/mol. The molecule has 8 rings (SSSR count). The van der Waals surface area contributed by atoms with E-state index in [2.05, 4.69) is 16.0 Å². The number of carbonyl (C=O) groups excluding carboxylic acids is 12. The highest BCUT2D eigenvalue weighted by atomic mass is 19.4. The van der Waals surface area contributed by atoms with Crippen molar-refractivity contribution in [1.29, 1.82) is 0 Å². The standard InChI is InChI=1S/C78H122F8N12O13/c1-12-46(4)65-73(108)92(8)45-63(101)94(10)57-26-19-20-36-96(72(57)107)59(40-48-27-30-51(31-28-48)77(81,82)83)71(106)91(7)44-61(99)87-55(32-29-49-38-53(79)64(54(80)39-49)78(84,85)86)69(104)98-43-52(111-14-3)41-58(98)68(103)89-76(34-21-35-76)75(110)95(11)66(50-24-17-18-25-50)74(109)97(37-33-47-22-15-16-23-47)60(70(105)90(5)6)42-62(100)93(9)56(13-2)67(102)88-65/h46-60,64-66H,12-45H2,1-11H3,(H,87,99)(H,88,102)(H,89,103)/t46-,48?,49?,51?,52+,53?,54?,55-,56-,57-,58-,59-,60-,64?,65-,66-/m0/s1. The molecule has 0 radical (unpaired) electrons. The van der Waals surface area contributed by atoms with Crippen LogP contribution in [0.1, 0.15) is 207 Å². The SMILES string of the molecule is CCO[C@@H]1C[C@H]2C(=O)NC3(CCC3)C(=O)N(C)[C@@H](C3CCCC3)C(=O)N(CCC3CCCC3)[C@H](C(=O)N(C)C)CC(=O)N(C)[C@@H](CC)C(=O)N[C@@H]([C@@H](C)CC)C(=O)N(C)CC(=O)N(C)[C@H]3CCCCN(C3=O)[C@@H](CC3CCC(C(F)(F)F)CC3)C(=O)N(C)CC(=O)N[C@@H](CCC3CC(F)C(C(F)(F)F)C(F)C3)C(=O)N2C1. The fraction of sp³-hybridized carbons (Fsp3) is 0.846. The van der Waals surface area contributed by atoms with Crippen LogP contribution in [0.25, 0.3) is 0 Å². The van der Waals surface area contributed by atoms with Crippen molar-refractivity contribution < 1.29 is 97.4 Å². The fourth-order valence-corrected chi connectivity index (χ4v) is 18.7. The summed E-state index contributed by atoms with van der Waals surface area (Å²) < 4.78 is 121. The topological polar surface area (TPSA) is 279 Å². The quantitative estimate of drug-likeness (QED) is 0.134. The van der Waals surface area contributed by atoms with Gasteiger partial charge in [0.05, 0.1) is 31.5 Å². The molecule has 0 aromatic carbocycles. The second-order valence-corrected chi connectivity index (χ2v) is 33.5. The number of amides is 12. The average molecular weight is 1590 g/mol. The van der Waals surface area contributed by atoms with Crippen molar-refractivity contribution in [2.24, 2.45) is 41.4 Å². The third kappa shape index (κ3) is 21.7. The highest BCUT2D eigenvalue weighted by molar-refractivity contribution is 6.01. The predicted molar refractivity (Wildman–Crippen MR) is 393 cm³/mol. The monoisotopic (exact) mass is 1590 g/mol. The van der Waals surface area contributed by atoms with Crippen molar-refractivity contribution in [3.8, 4) is 0 Å². The molecule has 0 aromatic heterocycles. The maximum absolute atomic E-state index is 16.2. The van der Waals surface area contributed by atoms with E-state index in [1.54, 1.807) is 27.7 Å². The minimum Gasteiger partial charge on any atom is -0.377 e. The number of ether oxygens (including phenoxy) is 1. The second kappa shape index (κ2) is 38.9. The summed E-state index contributed by atoms with van der Waals surface area (Å²) in [4.78, 5) is 194. The summed E-state index contributed by atoms with van der Waals surface area (Å²) in [7, 11) is 9.76. The molecule has 2 unspecified atom stereocenters. The van der Waals surface area contributed by atoms with Gasteiger partial charge in [0.2, 0.25) is 70.9 Å². The van der Waals surface area contributed by atoms with Crippen molar-refractivity contribution in [1.82, 2.24) is 60.0 Å². The lowest BCUT2D eigenvalue weighted by Crippen LogP contribution is -2.68. The Morgan fingerprint density at radius 1 is 0.595 bits per heavy atom. The highest BCUT2D eigenvalue weighted by Crippen LogP contribution is 2.46. The van der Waals surface area contributed by atoms with E-state index in [9.17, 15) is 50.3 Å². The third-order valence-corrected chi connectivity index (χ3v) is 25.8. The van der Waals surface area contributed by atoms with Crippen LogP contribution in [-0.4, -0.2) is 288 Å². The fourth-order valence-electron chi connectivity index (χ4n) is 18.7. The summed E-state index contributed by atoms with van der Waals surface area (Å²) in [5.41, 5.74) is -1.69. The molecule has 0 aromatic rings. The van der Waals surface area contributed by atoms with Crippen LogP contribution in [-0.2, 0) is 62.3 Å². The first-order chi connectivity index (χ1) is 52.3. The first kappa shape index (κ1) is 89.6. The van der Waals surface area contributed by atoms with E-state index in [1.807, 2.05) is 0 Å². The first-order valence-electron chi connectivity index (χ1n) is 40.6. The highest BCUT2D eigenvalue weighted by Gasteiger charge is 2.57. The van der Waals surface area contributed by atoms with Gasteiger partial charge in [-0.15, -0.1) is 0 Å². The first-order valence-corrected chi connectivity index (χ1v) is 40.6. The molecule has 5 saturated carbocycles. The van der Waals surface area contributed by atoms with Crippen LogP contribution >= 0.6 is 0 Å². The molecule has 3 heterocycles. The minimum absolute atomic E-state index is 0.00464. The van der Waals surface area contributed by atoms with Crippen molar-refractivity contribution in [2.75, 3.05) is 88.7 Å². The van der Waals surface area contributed by atoms with Crippen LogP contribution in [0.2, 0.25) is 0 Å². The van der Waals surface area contributed by atoms with E-state index in [4.69, 9.17) is 4.74 Å². The maximum Gasteiger partial charge on any atom is 0.397 e. The zero-order chi connectivity index (χ0) is 81.9. The average Bonchev–Trinajstić information content (AvgIpc) is 1.70. The summed E-state index contributed by atoms with van der Waals surface area (Å²) in [5, 5.41) is 8.48. The van der Waals surface area contributed by atoms with Gasteiger partial charge in [0.1, 0.15) is 72.1 Å². The molecule has 628 valence electrons. The Labute approximate surface area is 648 Å². The van der Waals surface area contributed by atoms with E-state index >= 15 is 42.3 Å². The van der Waals surface area contributed by atoms with Gasteiger partial charge in [0, 0.05) is 82.0 Å². The third-order valence-electron chi connectivity index (χ3n) is 25.8. The Hall–Kier alpha value is -6.96. The number of hydrogen-bond donors (Lipinski definition) is 3. The van der Waals surface area contributed by atoms with Crippen LogP contribution in [0.3, 0.4) is 0 Å². The molecular formula is C78H122F8N12O13. The second-order valence-electron chi connectivity index (χ2n) is 33.5. The Kier molecular flexibility index (Phi) is 31.4. The summed E-state index contributed by atoms with van der Waals surface area (Å²) in [6.07, 6.45) is -11.6. The van der Waals surface area contributed by atoms with Gasteiger partial charge in [-0.2, -0.15) is 26.3 Å². The summed E-state index contributed by atoms with van der Waals surface area (Å²) >= 11 is 0. The Morgan fingerprint density at radius 3 is 1.77 bits per heavy atom. The van der Waals surface area contributed by atoms with Crippen LogP contribution in [0, 0.1) is 41.4 Å². The Balaban J connectivity index is 1.21. The molecule has 25 nitrogen and oxygen atoms in total. The number of halogens is 8. The van der Waals surface area contributed by atoms with Gasteiger partial charge >= 0.3 is 12.4 Å². The van der Waals surface area contributed by atoms with Gasteiger partial charge in [-0.25, -0.2) is 8.78 Å². The predicted octanol–water partition coefficient (Wildman–Crippen LogP) is 7.50. The minimum atomic E-state index is -5.21. The van der Waals surface area contributed by atoms with Gasteiger partial charge in [-0.05, 0) is 159 Å². The number of nitrogens with one attached hydrogen (secondary N) is 3. The number of nitrogens with zero attached hydrogens (tertiary/aromatic N) is 9. The van der Waals surface area contributed by atoms with Crippen molar-refractivity contribution in [2.45, 2.75) is 292 Å². The molecule has 3 aliphatic heterocycles. The summed E-state index contributed by atoms with van der Waals surface area (Å²) in [6, 6.07) is -11.1. The van der Waals surface area contributed by atoms with Gasteiger partial charge in [-0.3, -0.25) is 57.5 Å². The molecule has 12 amide bonds. The van der Waals surface area contributed by atoms with Crippen LogP contribution in [0.15, 0.2) is 0 Å². The van der Waals surface area contributed by atoms with Crippen LogP contribution < -0.4 is 16.0 Å². The molecule has 8 aliphatic rings. The Morgan fingerprint density at radius 2 is 1.21 bits per heavy atom. The van der Waals surface area contributed by atoms with E-state index in [0.717, 1.165) is 45.3 Å². The van der Waals surface area contributed by atoms with Crippen molar-refractivity contribution >= 4 is 70.9 Å². The zero-order valence-electron chi connectivity index (χ0n) is 66.8. The van der Waals surface area contributed by atoms with E-state index < -0.39 is 230 Å². The van der Waals surface area contributed by atoms with Gasteiger partial charge < -0.3 is 64.8 Å². The maximum atomic E-state index is 16.2. The summed E-state index contributed by atoms with van der Waals surface area (Å²) in [6.45, 7) is 5.09. The molecule has 33 heteroatoms. The number of fused-ring (bicyclic) bond motifs is 3. The van der Waals surface area contributed by atoms with Crippen LogP contribution in [0.5, 0.6) is 0 Å². The lowest BCUT2D eigenvalue weighted by Gasteiger charge is -2.47. The molecule has 1 spiro atoms. The van der Waals surface area contributed by atoms with E-state index in [1.165, 1.54) is 73.8 Å². The molecule has 5 aliphatic carbocycles. The van der Waals surface area contributed by atoms with Crippen LogP contribution in [0.4, 0.5) is 35.1 Å². The number of rotatable bonds is 15. The van der Waals surface area contributed by atoms with Gasteiger partial charge in [0.15, 0.2) is 0 Å².